The van der Waals surface area contributed by atoms with Crippen LogP contribution in [0, 0.1) is 0 Å². The van der Waals surface area contributed by atoms with E-state index in [0.717, 1.165) is 11.3 Å². The van der Waals surface area contributed by atoms with Crippen LogP contribution in [0.2, 0.25) is 0 Å². The van der Waals surface area contributed by atoms with Crippen molar-refractivity contribution in [3.63, 3.8) is 0 Å². The maximum absolute atomic E-state index is 13.1. The van der Waals surface area contributed by atoms with Gasteiger partial charge in [0.15, 0.2) is 5.11 Å². The maximum Gasteiger partial charge on any atom is 0.254 e. The number of carbonyl (C=O) groups excluding carboxylic acids is 2. The minimum atomic E-state index is -0.342. The fourth-order valence-electron chi connectivity index (χ4n) is 3.13. The zero-order valence-corrected chi connectivity index (χ0v) is 15.6. The van der Waals surface area contributed by atoms with Crippen LogP contribution in [-0.4, -0.2) is 48.1 Å². The Bertz CT molecular complexity index is 754. The first-order valence-corrected chi connectivity index (χ1v) is 8.89. The number of nitrogens with one attached hydrogen (secondary N) is 3. The van der Waals surface area contributed by atoms with Crippen LogP contribution in [0.5, 0.6) is 0 Å². The molecule has 0 aromatic heterocycles. The topological polar surface area (TPSA) is 82.7 Å². The number of carbonyl (C=O) groups is 2. The molecule has 1 unspecified atom stereocenters. The van der Waals surface area contributed by atoms with Gasteiger partial charge < -0.3 is 25.6 Å². The molecule has 3 N–H and O–H groups in total. The Hall–Kier alpha value is -2.45. The summed E-state index contributed by atoms with van der Waals surface area (Å²) in [6.07, 6.45) is 0. The van der Waals surface area contributed by atoms with Crippen LogP contribution >= 0.6 is 12.2 Å². The molecule has 0 aliphatic carbocycles. The lowest BCUT2D eigenvalue weighted by Gasteiger charge is -2.34. The van der Waals surface area contributed by atoms with Gasteiger partial charge in [-0.05, 0) is 36.8 Å². The molecule has 0 radical (unpaired) electrons. The molecule has 2 aliphatic rings. The number of ether oxygens (including phenoxy) is 1. The highest BCUT2D eigenvalue weighted by molar-refractivity contribution is 7.80. The van der Waals surface area contributed by atoms with Gasteiger partial charge in [-0.25, -0.2) is 0 Å². The summed E-state index contributed by atoms with van der Waals surface area (Å²) in [5, 5.41) is 9.46. The van der Waals surface area contributed by atoms with Crippen molar-refractivity contribution < 1.29 is 14.3 Å². The van der Waals surface area contributed by atoms with Crippen molar-refractivity contribution in [1.82, 2.24) is 15.5 Å². The summed E-state index contributed by atoms with van der Waals surface area (Å²) in [6.45, 7) is 5.58. The van der Waals surface area contributed by atoms with Gasteiger partial charge >= 0.3 is 0 Å². The van der Waals surface area contributed by atoms with E-state index in [9.17, 15) is 9.59 Å². The van der Waals surface area contributed by atoms with Gasteiger partial charge in [-0.2, -0.15) is 0 Å². The lowest BCUT2D eigenvalue weighted by atomic mass is 9.94. The SMILES string of the molecule is CC(=O)Nc1ccc(C2NC(=S)NC(C)=C2C(=O)N2CCOCC2)cc1. The van der Waals surface area contributed by atoms with Gasteiger partial charge in [-0.15, -0.1) is 0 Å². The standard InChI is InChI=1S/C18H22N4O3S/c1-11-15(17(24)22-7-9-25-10-8-22)16(21-18(26)19-11)13-3-5-14(6-4-13)20-12(2)23/h3-6,16H,7-10H2,1-2H3,(H,20,23)(H2,19,21,26). The molecule has 0 bridgehead atoms. The fraction of sp³-hybridized carbons (Fsp3) is 0.389. The predicted octanol–water partition coefficient (Wildman–Crippen LogP) is 1.30. The zero-order chi connectivity index (χ0) is 18.7. The van der Waals surface area contributed by atoms with E-state index in [2.05, 4.69) is 16.0 Å². The number of benzene rings is 1. The van der Waals surface area contributed by atoms with E-state index in [-0.39, 0.29) is 17.9 Å². The fourth-order valence-corrected chi connectivity index (χ4v) is 3.40. The molecular formula is C18H22N4O3S. The zero-order valence-electron chi connectivity index (χ0n) is 14.8. The number of amides is 2. The molecule has 1 atom stereocenters. The Labute approximate surface area is 157 Å². The van der Waals surface area contributed by atoms with E-state index in [4.69, 9.17) is 17.0 Å². The largest absolute Gasteiger partial charge is 0.378 e. The van der Waals surface area contributed by atoms with Crippen molar-refractivity contribution in [3.8, 4) is 0 Å². The molecule has 3 rings (SSSR count). The molecule has 2 amide bonds. The number of rotatable bonds is 3. The number of thiocarbonyl (C=S) groups is 1. The lowest BCUT2D eigenvalue weighted by Crippen LogP contribution is -2.49. The van der Waals surface area contributed by atoms with Crippen molar-refractivity contribution in [2.45, 2.75) is 19.9 Å². The first kappa shape index (κ1) is 18.3. The van der Waals surface area contributed by atoms with Gasteiger partial charge in [0.25, 0.3) is 5.91 Å². The molecule has 2 aliphatic heterocycles. The summed E-state index contributed by atoms with van der Waals surface area (Å²) < 4.78 is 5.34. The van der Waals surface area contributed by atoms with Gasteiger partial charge in [0.05, 0.1) is 24.8 Å². The molecule has 8 heteroatoms. The van der Waals surface area contributed by atoms with Gasteiger partial charge in [-0.1, -0.05) is 12.1 Å². The number of hydrogen-bond donors (Lipinski definition) is 3. The van der Waals surface area contributed by atoms with Crippen LogP contribution in [0.3, 0.4) is 0 Å². The van der Waals surface area contributed by atoms with Crippen LogP contribution in [0.1, 0.15) is 25.5 Å². The Morgan fingerprint density at radius 1 is 1.23 bits per heavy atom. The summed E-state index contributed by atoms with van der Waals surface area (Å²) in [5.74, 6) is -0.151. The molecule has 2 heterocycles. The Balaban J connectivity index is 1.89. The van der Waals surface area contributed by atoms with Crippen molar-refractivity contribution in [3.05, 3.63) is 41.1 Å². The second-order valence-electron chi connectivity index (χ2n) is 6.28. The Kier molecular flexibility index (Phi) is 5.53. The van der Waals surface area contributed by atoms with E-state index in [0.29, 0.717) is 42.7 Å². The molecule has 1 aromatic carbocycles. The number of nitrogens with zero attached hydrogens (tertiary/aromatic N) is 1. The monoisotopic (exact) mass is 374 g/mol. The Morgan fingerprint density at radius 3 is 2.50 bits per heavy atom. The summed E-state index contributed by atoms with van der Waals surface area (Å²) in [5.41, 5.74) is 3.01. The molecular weight excluding hydrogens is 352 g/mol. The van der Waals surface area contributed by atoms with E-state index >= 15 is 0 Å². The first-order valence-electron chi connectivity index (χ1n) is 8.48. The van der Waals surface area contributed by atoms with E-state index in [1.165, 1.54) is 6.92 Å². The van der Waals surface area contributed by atoms with Gasteiger partial charge in [-0.3, -0.25) is 9.59 Å². The van der Waals surface area contributed by atoms with Gasteiger partial charge in [0.2, 0.25) is 5.91 Å². The lowest BCUT2D eigenvalue weighted by molar-refractivity contribution is -0.131. The van der Waals surface area contributed by atoms with E-state index in [1.54, 1.807) is 4.90 Å². The number of morpholine rings is 1. The minimum absolute atomic E-state index is 0.0239. The second kappa shape index (κ2) is 7.84. The number of anilines is 1. The Morgan fingerprint density at radius 2 is 1.88 bits per heavy atom. The predicted molar refractivity (Wildman–Crippen MR) is 102 cm³/mol. The minimum Gasteiger partial charge on any atom is -0.378 e. The molecule has 1 fully saturated rings. The molecule has 1 aromatic rings. The average molecular weight is 374 g/mol. The molecule has 26 heavy (non-hydrogen) atoms. The number of allylic oxidation sites excluding steroid dienone is 1. The maximum atomic E-state index is 13.1. The van der Waals surface area contributed by atoms with Crippen LogP contribution in [0.15, 0.2) is 35.5 Å². The summed E-state index contributed by atoms with van der Waals surface area (Å²) in [6, 6.07) is 7.06. The van der Waals surface area contributed by atoms with Gasteiger partial charge in [0.1, 0.15) is 0 Å². The first-order chi connectivity index (χ1) is 12.5. The third-order valence-electron chi connectivity index (χ3n) is 4.36. The highest BCUT2D eigenvalue weighted by atomic mass is 32.1. The molecule has 138 valence electrons. The smallest absolute Gasteiger partial charge is 0.254 e. The quantitative estimate of drug-likeness (QED) is 0.692. The molecule has 1 saturated heterocycles. The summed E-state index contributed by atoms with van der Waals surface area (Å²) in [4.78, 5) is 26.1. The highest BCUT2D eigenvalue weighted by Gasteiger charge is 2.33. The third kappa shape index (κ3) is 4.03. The second-order valence-corrected chi connectivity index (χ2v) is 6.69. The third-order valence-corrected chi connectivity index (χ3v) is 4.58. The average Bonchev–Trinajstić information content (AvgIpc) is 2.61. The summed E-state index contributed by atoms with van der Waals surface area (Å²) in [7, 11) is 0. The van der Waals surface area contributed by atoms with Crippen LogP contribution in [0.4, 0.5) is 5.69 Å². The molecule has 0 spiro atoms. The van der Waals surface area contributed by atoms with E-state index < -0.39 is 0 Å². The molecule has 0 saturated carbocycles. The van der Waals surface area contributed by atoms with Crippen LogP contribution in [-0.2, 0) is 14.3 Å². The molecule has 7 nitrogen and oxygen atoms in total. The number of hydrogen-bond acceptors (Lipinski definition) is 4. The van der Waals surface area contributed by atoms with Gasteiger partial charge in [0, 0.05) is 31.4 Å². The van der Waals surface area contributed by atoms with Crippen molar-refractivity contribution >= 4 is 34.8 Å². The van der Waals surface area contributed by atoms with Crippen molar-refractivity contribution in [2.24, 2.45) is 0 Å². The van der Waals surface area contributed by atoms with Crippen molar-refractivity contribution in [1.29, 1.82) is 0 Å². The van der Waals surface area contributed by atoms with E-state index in [1.807, 2.05) is 31.2 Å². The summed E-state index contributed by atoms with van der Waals surface area (Å²) >= 11 is 5.28. The van der Waals surface area contributed by atoms with Crippen molar-refractivity contribution in [2.75, 3.05) is 31.6 Å². The highest BCUT2D eigenvalue weighted by Crippen LogP contribution is 2.29. The van der Waals surface area contributed by atoms with Crippen LogP contribution in [0.25, 0.3) is 0 Å². The van der Waals surface area contributed by atoms with Crippen LogP contribution < -0.4 is 16.0 Å². The normalized spacial score (nSPS) is 20.3.